The molecule has 19 heavy (non-hydrogen) atoms. The van der Waals surface area contributed by atoms with Crippen molar-refractivity contribution in [2.75, 3.05) is 5.32 Å². The van der Waals surface area contributed by atoms with Crippen molar-refractivity contribution >= 4 is 22.4 Å². The molecule has 0 unspecified atom stereocenters. The van der Waals surface area contributed by atoms with Crippen LogP contribution in [0.3, 0.4) is 0 Å². The molecule has 0 bridgehead atoms. The molecule has 100 valence electrons. The van der Waals surface area contributed by atoms with Crippen molar-refractivity contribution in [1.82, 2.24) is 10.2 Å². The monoisotopic (exact) mass is 277 g/mol. The van der Waals surface area contributed by atoms with Crippen LogP contribution in [0.4, 0.5) is 5.13 Å². The summed E-state index contributed by atoms with van der Waals surface area (Å²) >= 11 is 1.48. The summed E-state index contributed by atoms with van der Waals surface area (Å²) in [5.41, 5.74) is 0.495. The molecule has 1 N–H and O–H groups in total. The molecule has 1 aliphatic carbocycles. The highest BCUT2D eigenvalue weighted by molar-refractivity contribution is 7.15. The van der Waals surface area contributed by atoms with Crippen molar-refractivity contribution in [1.29, 1.82) is 0 Å². The van der Waals surface area contributed by atoms with E-state index < -0.39 is 0 Å². The Morgan fingerprint density at radius 2 is 2.16 bits per heavy atom. The highest BCUT2D eigenvalue weighted by atomic mass is 32.1. The van der Waals surface area contributed by atoms with Crippen molar-refractivity contribution in [3.63, 3.8) is 0 Å². The van der Waals surface area contributed by atoms with Crippen LogP contribution in [0.2, 0.25) is 0 Å². The van der Waals surface area contributed by atoms with E-state index in [4.69, 9.17) is 4.42 Å². The predicted octanol–water partition coefficient (Wildman–Crippen LogP) is 3.43. The van der Waals surface area contributed by atoms with Gasteiger partial charge in [-0.2, -0.15) is 0 Å². The highest BCUT2D eigenvalue weighted by Crippen LogP contribution is 2.35. The largest absolute Gasteiger partial charge is 0.472 e. The third kappa shape index (κ3) is 2.84. The van der Waals surface area contributed by atoms with Crippen LogP contribution in [-0.2, 0) is 0 Å². The molecule has 1 saturated carbocycles. The lowest BCUT2D eigenvalue weighted by molar-refractivity contribution is 0.102. The Bertz CT molecular complexity index is 544. The number of hydrogen-bond acceptors (Lipinski definition) is 5. The first-order chi connectivity index (χ1) is 9.33. The summed E-state index contributed by atoms with van der Waals surface area (Å²) in [6, 6.07) is 1.62. The Balaban J connectivity index is 1.66. The average Bonchev–Trinajstić information content (AvgIpc) is 3.11. The van der Waals surface area contributed by atoms with Gasteiger partial charge in [0.1, 0.15) is 11.3 Å². The number of amides is 1. The summed E-state index contributed by atoms with van der Waals surface area (Å²) in [4.78, 5) is 11.8. The van der Waals surface area contributed by atoms with Gasteiger partial charge in [-0.15, -0.1) is 10.2 Å². The number of aromatic nitrogens is 2. The van der Waals surface area contributed by atoms with Gasteiger partial charge in [0.15, 0.2) is 0 Å². The minimum absolute atomic E-state index is 0.208. The van der Waals surface area contributed by atoms with Gasteiger partial charge in [-0.25, -0.2) is 0 Å². The third-order valence-electron chi connectivity index (χ3n) is 3.40. The van der Waals surface area contributed by atoms with Crippen molar-refractivity contribution in [3.8, 4) is 0 Å². The van der Waals surface area contributed by atoms with E-state index in [-0.39, 0.29) is 5.91 Å². The van der Waals surface area contributed by atoms with Crippen LogP contribution < -0.4 is 5.32 Å². The predicted molar refractivity (Wildman–Crippen MR) is 72.4 cm³/mol. The van der Waals surface area contributed by atoms with E-state index in [2.05, 4.69) is 15.5 Å². The maximum absolute atomic E-state index is 11.8. The average molecular weight is 277 g/mol. The zero-order valence-corrected chi connectivity index (χ0v) is 11.3. The Morgan fingerprint density at radius 1 is 1.32 bits per heavy atom. The smallest absolute Gasteiger partial charge is 0.260 e. The summed E-state index contributed by atoms with van der Waals surface area (Å²) in [6.07, 6.45) is 9.11. The summed E-state index contributed by atoms with van der Waals surface area (Å²) < 4.78 is 4.88. The van der Waals surface area contributed by atoms with Crippen molar-refractivity contribution in [3.05, 3.63) is 29.2 Å². The highest BCUT2D eigenvalue weighted by Gasteiger charge is 2.20. The topological polar surface area (TPSA) is 68.0 Å². The second kappa shape index (κ2) is 5.52. The molecule has 2 heterocycles. The van der Waals surface area contributed by atoms with E-state index in [9.17, 15) is 4.79 Å². The van der Waals surface area contributed by atoms with E-state index in [1.165, 1.54) is 56.0 Å². The molecule has 0 saturated heterocycles. The Kier molecular flexibility index (Phi) is 3.59. The number of anilines is 1. The first-order valence-corrected chi connectivity index (χ1v) is 7.31. The number of hydrogen-bond donors (Lipinski definition) is 1. The second-order valence-corrected chi connectivity index (χ2v) is 5.76. The number of nitrogens with zero attached hydrogens (tertiary/aromatic N) is 2. The first-order valence-electron chi connectivity index (χ1n) is 6.50. The van der Waals surface area contributed by atoms with Gasteiger partial charge < -0.3 is 4.42 Å². The molecular weight excluding hydrogens is 262 g/mol. The van der Waals surface area contributed by atoms with Gasteiger partial charge in [0.25, 0.3) is 5.91 Å². The molecule has 0 atom stereocenters. The van der Waals surface area contributed by atoms with Gasteiger partial charge in [0.2, 0.25) is 5.13 Å². The van der Waals surface area contributed by atoms with E-state index in [1.54, 1.807) is 6.07 Å². The van der Waals surface area contributed by atoms with E-state index >= 15 is 0 Å². The molecule has 0 aliphatic heterocycles. The van der Waals surface area contributed by atoms with Crippen LogP contribution in [0, 0.1) is 0 Å². The lowest BCUT2D eigenvalue weighted by atomic mass is 9.90. The van der Waals surface area contributed by atoms with Crippen LogP contribution >= 0.6 is 11.3 Å². The molecule has 5 nitrogen and oxygen atoms in total. The molecular formula is C13H15N3O2S. The number of nitrogens with one attached hydrogen (secondary N) is 1. The third-order valence-corrected chi connectivity index (χ3v) is 4.40. The molecule has 0 radical (unpaired) electrons. The van der Waals surface area contributed by atoms with E-state index in [0.29, 0.717) is 16.6 Å². The van der Waals surface area contributed by atoms with Gasteiger partial charge >= 0.3 is 0 Å². The van der Waals surface area contributed by atoms with Gasteiger partial charge in [-0.05, 0) is 18.9 Å². The summed E-state index contributed by atoms with van der Waals surface area (Å²) in [6.45, 7) is 0. The van der Waals surface area contributed by atoms with Gasteiger partial charge in [-0.3, -0.25) is 10.1 Å². The summed E-state index contributed by atoms with van der Waals surface area (Å²) in [5.74, 6) is 0.311. The molecule has 3 rings (SSSR count). The fourth-order valence-corrected chi connectivity index (χ4v) is 3.27. The van der Waals surface area contributed by atoms with Crippen LogP contribution in [0.1, 0.15) is 53.4 Å². The Morgan fingerprint density at radius 3 is 2.89 bits per heavy atom. The lowest BCUT2D eigenvalue weighted by Crippen LogP contribution is -2.10. The number of carbonyl (C=O) groups excluding carboxylic acids is 1. The van der Waals surface area contributed by atoms with E-state index in [1.807, 2.05) is 0 Å². The van der Waals surface area contributed by atoms with Gasteiger partial charge in [0, 0.05) is 5.92 Å². The number of furan rings is 1. The standard InChI is InChI=1S/C13H15N3O2S/c17-11(10-6-7-18-8-10)14-13-16-15-12(19-13)9-4-2-1-3-5-9/h6-9H,1-5H2,(H,14,16,17). The van der Waals surface area contributed by atoms with Crippen molar-refractivity contribution < 1.29 is 9.21 Å². The number of carbonyl (C=O) groups is 1. The Hall–Kier alpha value is -1.69. The van der Waals surface area contributed by atoms with Gasteiger partial charge in [0.05, 0.1) is 11.8 Å². The zero-order valence-electron chi connectivity index (χ0n) is 10.5. The molecule has 2 aromatic rings. The quantitative estimate of drug-likeness (QED) is 0.933. The fraction of sp³-hybridized carbons (Fsp3) is 0.462. The zero-order chi connectivity index (χ0) is 13.1. The van der Waals surface area contributed by atoms with Crippen LogP contribution in [0.5, 0.6) is 0 Å². The Labute approximate surface area is 115 Å². The molecule has 0 aromatic carbocycles. The van der Waals surface area contributed by atoms with Gasteiger partial charge in [-0.1, -0.05) is 30.6 Å². The minimum atomic E-state index is -0.208. The minimum Gasteiger partial charge on any atom is -0.472 e. The van der Waals surface area contributed by atoms with E-state index in [0.717, 1.165) is 5.01 Å². The fourth-order valence-electron chi connectivity index (χ4n) is 2.36. The first kappa shape index (κ1) is 12.3. The van der Waals surface area contributed by atoms with Crippen LogP contribution in [-0.4, -0.2) is 16.1 Å². The molecule has 1 aliphatic rings. The molecule has 0 spiro atoms. The normalized spacial score (nSPS) is 16.4. The lowest BCUT2D eigenvalue weighted by Gasteiger charge is -2.18. The summed E-state index contributed by atoms with van der Waals surface area (Å²) in [5, 5.41) is 12.6. The molecule has 1 fully saturated rings. The number of rotatable bonds is 3. The summed E-state index contributed by atoms with van der Waals surface area (Å²) in [7, 11) is 0. The van der Waals surface area contributed by atoms with Crippen LogP contribution in [0.15, 0.2) is 23.0 Å². The van der Waals surface area contributed by atoms with Crippen molar-refractivity contribution in [2.45, 2.75) is 38.0 Å². The maximum Gasteiger partial charge on any atom is 0.260 e. The molecule has 1 amide bonds. The molecule has 2 aromatic heterocycles. The van der Waals surface area contributed by atoms with Crippen LogP contribution in [0.25, 0.3) is 0 Å². The SMILES string of the molecule is O=C(Nc1nnc(C2CCCCC2)s1)c1ccoc1. The second-order valence-electron chi connectivity index (χ2n) is 4.75. The molecule has 6 heteroatoms. The van der Waals surface area contributed by atoms with Crippen molar-refractivity contribution in [2.24, 2.45) is 0 Å². The maximum atomic E-state index is 11.8.